The van der Waals surface area contributed by atoms with Crippen LogP contribution in [0.15, 0.2) is 67.7 Å². The summed E-state index contributed by atoms with van der Waals surface area (Å²) < 4.78 is 5.42. The van der Waals surface area contributed by atoms with Gasteiger partial charge in [-0.15, -0.1) is 0 Å². The van der Waals surface area contributed by atoms with Crippen LogP contribution in [-0.4, -0.2) is 16.7 Å². The zero-order valence-corrected chi connectivity index (χ0v) is 13.8. The third-order valence-electron chi connectivity index (χ3n) is 4.27. The summed E-state index contributed by atoms with van der Waals surface area (Å²) in [6, 6.07) is 11.8. The van der Waals surface area contributed by atoms with E-state index in [2.05, 4.69) is 9.98 Å². The summed E-state index contributed by atoms with van der Waals surface area (Å²) >= 11 is 0. The maximum absolute atomic E-state index is 12.8. The second kappa shape index (κ2) is 6.06. The fraction of sp³-hybridized carbons (Fsp3) is 0.0556. The molecule has 0 saturated carbocycles. The number of non-ortho nitro benzene ring substituents is 1. The van der Waals surface area contributed by atoms with Crippen LogP contribution in [0.5, 0.6) is 0 Å². The van der Waals surface area contributed by atoms with Crippen molar-refractivity contribution >= 4 is 28.5 Å². The van der Waals surface area contributed by atoms with Crippen LogP contribution < -0.4 is 17.1 Å². The highest BCUT2D eigenvalue weighted by atomic mass is 16.6. The third-order valence-corrected chi connectivity index (χ3v) is 4.27. The highest BCUT2D eigenvalue weighted by molar-refractivity contribution is 6.13. The molecule has 0 radical (unpaired) electrons. The van der Waals surface area contributed by atoms with Gasteiger partial charge in [-0.1, -0.05) is 30.3 Å². The Kier molecular flexibility index (Phi) is 3.69. The van der Waals surface area contributed by atoms with Crippen molar-refractivity contribution in [3.05, 3.63) is 85.8 Å². The number of fused-ring (bicyclic) bond motifs is 3. The van der Waals surface area contributed by atoms with Gasteiger partial charge in [-0.25, -0.2) is 9.79 Å². The van der Waals surface area contributed by atoms with Gasteiger partial charge in [-0.05, 0) is 11.6 Å². The van der Waals surface area contributed by atoms with Crippen LogP contribution in [0.4, 0.5) is 5.69 Å². The molecule has 134 valence electrons. The van der Waals surface area contributed by atoms with E-state index in [1.165, 1.54) is 18.2 Å². The largest absolute Gasteiger partial charge is 0.422 e. The Hall–Kier alpha value is -4.01. The average molecular weight is 363 g/mol. The van der Waals surface area contributed by atoms with E-state index in [0.29, 0.717) is 22.1 Å². The minimum absolute atomic E-state index is 0.0308. The van der Waals surface area contributed by atoms with Crippen LogP contribution in [0, 0.1) is 10.1 Å². The molecule has 1 unspecified atom stereocenters. The van der Waals surface area contributed by atoms with Gasteiger partial charge in [-0.3, -0.25) is 10.1 Å². The second-order valence-electron chi connectivity index (χ2n) is 5.91. The highest BCUT2D eigenvalue weighted by Crippen LogP contribution is 2.33. The van der Waals surface area contributed by atoms with E-state index in [1.807, 2.05) is 0 Å². The van der Waals surface area contributed by atoms with Gasteiger partial charge in [0.15, 0.2) is 0 Å². The summed E-state index contributed by atoms with van der Waals surface area (Å²) in [5, 5.41) is 11.7. The van der Waals surface area contributed by atoms with Gasteiger partial charge in [0.2, 0.25) is 5.96 Å². The van der Waals surface area contributed by atoms with Gasteiger partial charge in [0, 0.05) is 23.1 Å². The summed E-state index contributed by atoms with van der Waals surface area (Å²) in [6.45, 7) is 0. The Bertz CT molecular complexity index is 1210. The number of rotatable bonds is 2. The van der Waals surface area contributed by atoms with Crippen LogP contribution in [0.1, 0.15) is 22.7 Å². The lowest BCUT2D eigenvalue weighted by Crippen LogP contribution is -2.23. The standard InChI is InChI=1S/C18H13N5O4/c19-16-13-11-6-1-2-7-12(11)27-17(24)14(13)15(21-18(20)22-16)9-4-3-5-10(8-9)23(25)26/h1-8,15H,(H4,19,20,21,22). The number of aliphatic imine (C=N–C) groups is 2. The van der Waals surface area contributed by atoms with Gasteiger partial charge in [0.1, 0.15) is 17.5 Å². The summed E-state index contributed by atoms with van der Waals surface area (Å²) in [6.07, 6.45) is 0. The molecule has 1 atom stereocenters. The molecular weight excluding hydrogens is 350 g/mol. The molecule has 1 aliphatic heterocycles. The van der Waals surface area contributed by atoms with Crippen molar-refractivity contribution in [2.75, 3.05) is 0 Å². The van der Waals surface area contributed by atoms with E-state index in [-0.39, 0.29) is 23.0 Å². The van der Waals surface area contributed by atoms with Crippen molar-refractivity contribution < 1.29 is 9.34 Å². The molecule has 2 heterocycles. The average Bonchev–Trinajstić information content (AvgIpc) is 2.78. The predicted molar refractivity (Wildman–Crippen MR) is 99.8 cm³/mol. The normalized spacial score (nSPS) is 16.2. The lowest BCUT2D eigenvalue weighted by atomic mass is 9.93. The van der Waals surface area contributed by atoms with Crippen LogP contribution in [0.25, 0.3) is 11.0 Å². The number of para-hydroxylation sites is 1. The minimum Gasteiger partial charge on any atom is -0.422 e. The number of nitrogens with zero attached hydrogens (tertiary/aromatic N) is 3. The molecule has 0 bridgehead atoms. The molecule has 0 aliphatic carbocycles. The Morgan fingerprint density at radius 2 is 1.89 bits per heavy atom. The molecule has 27 heavy (non-hydrogen) atoms. The van der Waals surface area contributed by atoms with Crippen molar-refractivity contribution in [2.24, 2.45) is 21.5 Å². The zero-order valence-electron chi connectivity index (χ0n) is 13.8. The number of hydrogen-bond acceptors (Lipinski definition) is 8. The van der Waals surface area contributed by atoms with Crippen molar-refractivity contribution in [1.29, 1.82) is 0 Å². The van der Waals surface area contributed by atoms with E-state index in [4.69, 9.17) is 15.9 Å². The summed E-state index contributed by atoms with van der Waals surface area (Å²) in [5.74, 6) is -0.105. The number of benzene rings is 2. The molecule has 4 rings (SSSR count). The molecule has 0 saturated heterocycles. The number of nitro benzene ring substituents is 1. The Morgan fingerprint density at radius 1 is 1.11 bits per heavy atom. The monoisotopic (exact) mass is 363 g/mol. The van der Waals surface area contributed by atoms with Crippen LogP contribution in [0.3, 0.4) is 0 Å². The maximum Gasteiger partial charge on any atom is 0.342 e. The first-order chi connectivity index (χ1) is 13.0. The number of amidine groups is 1. The lowest BCUT2D eigenvalue weighted by molar-refractivity contribution is -0.384. The van der Waals surface area contributed by atoms with E-state index in [9.17, 15) is 14.9 Å². The molecule has 0 fully saturated rings. The van der Waals surface area contributed by atoms with Gasteiger partial charge in [0.25, 0.3) is 5.69 Å². The van der Waals surface area contributed by atoms with Gasteiger partial charge in [-0.2, -0.15) is 4.99 Å². The lowest BCUT2D eigenvalue weighted by Gasteiger charge is -2.15. The van der Waals surface area contributed by atoms with Gasteiger partial charge >= 0.3 is 5.63 Å². The molecule has 9 nitrogen and oxygen atoms in total. The number of nitrogens with two attached hydrogens (primary N) is 2. The Morgan fingerprint density at radius 3 is 2.67 bits per heavy atom. The maximum atomic E-state index is 12.8. The SMILES string of the molecule is NC1=NC(c2cccc([N+](=O)[O-])c2)c2c(c3ccccc3oc2=O)C(N)=N1. The van der Waals surface area contributed by atoms with E-state index >= 15 is 0 Å². The first-order valence-corrected chi connectivity index (χ1v) is 7.93. The fourth-order valence-corrected chi connectivity index (χ4v) is 3.14. The summed E-state index contributed by atoms with van der Waals surface area (Å²) in [4.78, 5) is 31.7. The fourth-order valence-electron chi connectivity index (χ4n) is 3.14. The number of hydrogen-bond donors (Lipinski definition) is 2. The minimum atomic E-state index is -0.939. The number of guanidine groups is 1. The second-order valence-corrected chi connectivity index (χ2v) is 5.91. The molecule has 4 N–H and O–H groups in total. The van der Waals surface area contributed by atoms with Crippen molar-refractivity contribution in [2.45, 2.75) is 6.04 Å². The third kappa shape index (κ3) is 2.71. The molecular formula is C18H13N5O4. The van der Waals surface area contributed by atoms with E-state index in [0.717, 1.165) is 0 Å². The topological polar surface area (TPSA) is 150 Å². The van der Waals surface area contributed by atoms with E-state index < -0.39 is 16.6 Å². The molecule has 3 aromatic rings. The number of nitro groups is 1. The van der Waals surface area contributed by atoms with E-state index in [1.54, 1.807) is 30.3 Å². The van der Waals surface area contributed by atoms with Crippen molar-refractivity contribution in [3.63, 3.8) is 0 Å². The molecule has 2 aromatic carbocycles. The molecule has 1 aliphatic rings. The Balaban J connectivity index is 2.07. The first kappa shape index (κ1) is 16.5. The first-order valence-electron chi connectivity index (χ1n) is 7.93. The van der Waals surface area contributed by atoms with Gasteiger partial charge in [0.05, 0.1) is 10.5 Å². The smallest absolute Gasteiger partial charge is 0.342 e. The summed E-state index contributed by atoms with van der Waals surface area (Å²) in [7, 11) is 0. The zero-order chi connectivity index (χ0) is 19.1. The van der Waals surface area contributed by atoms with Crippen LogP contribution in [-0.2, 0) is 0 Å². The predicted octanol–water partition coefficient (Wildman–Crippen LogP) is 1.82. The quantitative estimate of drug-likeness (QED) is 0.403. The van der Waals surface area contributed by atoms with Crippen molar-refractivity contribution in [3.8, 4) is 0 Å². The van der Waals surface area contributed by atoms with Crippen LogP contribution in [0.2, 0.25) is 0 Å². The molecule has 0 amide bonds. The van der Waals surface area contributed by atoms with Crippen LogP contribution >= 0.6 is 0 Å². The van der Waals surface area contributed by atoms with Crippen molar-refractivity contribution in [1.82, 2.24) is 0 Å². The Labute approximate surface area is 151 Å². The van der Waals surface area contributed by atoms with Gasteiger partial charge < -0.3 is 15.9 Å². The molecule has 0 spiro atoms. The molecule has 1 aromatic heterocycles. The highest BCUT2D eigenvalue weighted by Gasteiger charge is 2.29. The molecule has 9 heteroatoms. The summed E-state index contributed by atoms with van der Waals surface area (Å²) in [5.41, 5.74) is 12.4.